The van der Waals surface area contributed by atoms with Gasteiger partial charge in [0, 0.05) is 13.0 Å². The number of β-amino-alcohol motifs (C(OH)–C–C–N with tert-alkyl or cyclic N) is 1. The standard InChI is InChI=1S/C22H46N2O2.ClH/c1-2-3-4-5-6-7-8-9-10-11-12-13-14-15-22-23(18-20-25)16-17-24(22)19-21-26;/h22,25-26H,2-21H2,1H3;1H. The molecule has 1 aliphatic rings. The summed E-state index contributed by atoms with van der Waals surface area (Å²) in [5, 5.41) is 18.5. The van der Waals surface area contributed by atoms with Crippen molar-refractivity contribution in [2.24, 2.45) is 0 Å². The predicted octanol–water partition coefficient (Wildman–Crippen LogP) is -0.0171. The molecule has 1 heterocycles. The Bertz CT molecular complexity index is 294. The number of halogens is 1. The Morgan fingerprint density at radius 1 is 0.778 bits per heavy atom. The maximum atomic E-state index is 9.26. The summed E-state index contributed by atoms with van der Waals surface area (Å²) in [4.78, 5) is 3.94. The second-order valence-corrected chi connectivity index (χ2v) is 8.19. The van der Waals surface area contributed by atoms with Crippen molar-refractivity contribution in [3.8, 4) is 0 Å². The van der Waals surface area contributed by atoms with E-state index in [1.165, 1.54) is 94.8 Å². The van der Waals surface area contributed by atoms with Crippen molar-refractivity contribution in [2.45, 2.75) is 103 Å². The molecule has 2 atom stereocenters. The highest BCUT2D eigenvalue weighted by Crippen LogP contribution is 2.14. The number of nitrogens with one attached hydrogen (secondary N) is 1. The molecule has 27 heavy (non-hydrogen) atoms. The van der Waals surface area contributed by atoms with Gasteiger partial charge >= 0.3 is 0 Å². The quantitative estimate of drug-likeness (QED) is 0.280. The predicted molar refractivity (Wildman–Crippen MR) is 111 cm³/mol. The van der Waals surface area contributed by atoms with Crippen LogP contribution in [0.1, 0.15) is 96.8 Å². The Hall–Kier alpha value is 0.130. The van der Waals surface area contributed by atoms with Gasteiger partial charge in [-0.2, -0.15) is 0 Å². The first-order chi connectivity index (χ1) is 12.8. The van der Waals surface area contributed by atoms with Crippen LogP contribution in [-0.2, 0) is 0 Å². The minimum absolute atomic E-state index is 0. The van der Waals surface area contributed by atoms with Gasteiger partial charge in [0.15, 0.2) is 0 Å². The Labute approximate surface area is 175 Å². The van der Waals surface area contributed by atoms with E-state index >= 15 is 0 Å². The van der Waals surface area contributed by atoms with E-state index in [-0.39, 0.29) is 25.6 Å². The summed E-state index contributed by atoms with van der Waals surface area (Å²) in [6.07, 6.45) is 19.9. The van der Waals surface area contributed by atoms with Crippen LogP contribution in [-0.4, -0.2) is 60.7 Å². The molecule has 2 unspecified atom stereocenters. The number of quaternary nitrogens is 1. The molecular formula is C22H47ClN2O2. The van der Waals surface area contributed by atoms with E-state index < -0.39 is 0 Å². The minimum atomic E-state index is 0. The van der Waals surface area contributed by atoms with Crippen LogP contribution in [0.25, 0.3) is 0 Å². The highest BCUT2D eigenvalue weighted by atomic mass is 35.5. The van der Waals surface area contributed by atoms with E-state index in [1.54, 1.807) is 0 Å². The van der Waals surface area contributed by atoms with Crippen LogP contribution < -0.4 is 17.3 Å². The number of hydrogen-bond acceptors (Lipinski definition) is 3. The first-order valence-electron chi connectivity index (χ1n) is 11.6. The highest BCUT2D eigenvalue weighted by Gasteiger charge is 2.34. The molecule has 0 spiro atoms. The van der Waals surface area contributed by atoms with Gasteiger partial charge in [0.05, 0.1) is 26.3 Å². The lowest BCUT2D eigenvalue weighted by atomic mass is 10.0. The van der Waals surface area contributed by atoms with Crippen molar-refractivity contribution < 1.29 is 27.5 Å². The van der Waals surface area contributed by atoms with Crippen LogP contribution in [0.5, 0.6) is 0 Å². The number of hydrogen-bond donors (Lipinski definition) is 3. The molecule has 4 nitrogen and oxygen atoms in total. The fraction of sp³-hybridized carbons (Fsp3) is 1.00. The monoisotopic (exact) mass is 406 g/mol. The van der Waals surface area contributed by atoms with E-state index in [2.05, 4.69) is 11.8 Å². The molecule has 0 saturated carbocycles. The first-order valence-corrected chi connectivity index (χ1v) is 11.6. The third-order valence-electron chi connectivity index (χ3n) is 6.03. The van der Waals surface area contributed by atoms with Crippen LogP contribution in [0, 0.1) is 0 Å². The molecule has 1 rings (SSSR count). The van der Waals surface area contributed by atoms with Crippen LogP contribution in [0.2, 0.25) is 0 Å². The molecule has 3 N–H and O–H groups in total. The lowest BCUT2D eigenvalue weighted by Gasteiger charge is -2.26. The lowest BCUT2D eigenvalue weighted by molar-refractivity contribution is -0.919. The summed E-state index contributed by atoms with van der Waals surface area (Å²) in [6.45, 7) is 6.63. The van der Waals surface area contributed by atoms with Crippen molar-refractivity contribution >= 4 is 0 Å². The average Bonchev–Trinajstić information content (AvgIpc) is 3.01. The molecule has 1 fully saturated rings. The van der Waals surface area contributed by atoms with Crippen LogP contribution in [0.4, 0.5) is 0 Å². The summed E-state index contributed by atoms with van der Waals surface area (Å²) in [7, 11) is 0. The highest BCUT2D eigenvalue weighted by molar-refractivity contribution is 4.68. The summed E-state index contributed by atoms with van der Waals surface area (Å²) >= 11 is 0. The Balaban J connectivity index is 0.00000676. The smallest absolute Gasteiger partial charge is 0.144 e. The van der Waals surface area contributed by atoms with Gasteiger partial charge in [0.2, 0.25) is 0 Å². The molecule has 1 aliphatic heterocycles. The number of aliphatic hydroxyl groups excluding tert-OH is 2. The Morgan fingerprint density at radius 2 is 1.30 bits per heavy atom. The minimum Gasteiger partial charge on any atom is -1.00 e. The first kappa shape index (κ1) is 27.1. The van der Waals surface area contributed by atoms with Crippen molar-refractivity contribution in [1.29, 1.82) is 0 Å². The number of aliphatic hydroxyl groups is 2. The van der Waals surface area contributed by atoms with Crippen LogP contribution in [0.3, 0.4) is 0 Å². The molecule has 0 bridgehead atoms. The van der Waals surface area contributed by atoms with E-state index in [4.69, 9.17) is 0 Å². The van der Waals surface area contributed by atoms with Crippen molar-refractivity contribution in [3.05, 3.63) is 0 Å². The molecule has 0 aromatic rings. The van der Waals surface area contributed by atoms with E-state index in [9.17, 15) is 10.2 Å². The van der Waals surface area contributed by atoms with Gasteiger partial charge in [-0.15, -0.1) is 0 Å². The number of rotatable bonds is 18. The molecule has 164 valence electrons. The van der Waals surface area contributed by atoms with Gasteiger partial charge in [-0.05, 0) is 6.42 Å². The van der Waals surface area contributed by atoms with Crippen molar-refractivity contribution in [3.63, 3.8) is 0 Å². The van der Waals surface area contributed by atoms with Gasteiger partial charge < -0.3 is 27.5 Å². The second kappa shape index (κ2) is 19.4. The fourth-order valence-corrected chi connectivity index (χ4v) is 4.44. The average molecular weight is 407 g/mol. The van der Waals surface area contributed by atoms with Crippen molar-refractivity contribution in [1.82, 2.24) is 4.90 Å². The molecule has 0 aromatic heterocycles. The van der Waals surface area contributed by atoms with Gasteiger partial charge in [-0.1, -0.05) is 84.0 Å². The van der Waals surface area contributed by atoms with Crippen molar-refractivity contribution in [2.75, 3.05) is 39.4 Å². The van der Waals surface area contributed by atoms with Gasteiger partial charge in [0.25, 0.3) is 0 Å². The zero-order valence-corrected chi connectivity index (χ0v) is 18.7. The van der Waals surface area contributed by atoms with E-state index in [0.29, 0.717) is 6.17 Å². The maximum Gasteiger partial charge on any atom is 0.144 e. The Kier molecular flexibility index (Phi) is 19.5. The third kappa shape index (κ3) is 13.1. The SMILES string of the molecule is CCCCCCCCCCCCCCCC1N(CCO)CC[NH+]1CCO.[Cl-]. The van der Waals surface area contributed by atoms with Crippen LogP contribution >= 0.6 is 0 Å². The summed E-state index contributed by atoms with van der Waals surface area (Å²) < 4.78 is 0. The topological polar surface area (TPSA) is 48.1 Å². The molecule has 0 radical (unpaired) electrons. The molecule has 0 amide bonds. The summed E-state index contributed by atoms with van der Waals surface area (Å²) in [6, 6.07) is 0. The second-order valence-electron chi connectivity index (χ2n) is 8.19. The zero-order valence-electron chi connectivity index (χ0n) is 17.9. The molecule has 1 saturated heterocycles. The molecular weight excluding hydrogens is 360 g/mol. The van der Waals surface area contributed by atoms with Gasteiger partial charge in [0.1, 0.15) is 12.7 Å². The van der Waals surface area contributed by atoms with E-state index in [0.717, 1.165) is 26.2 Å². The molecule has 5 heteroatoms. The third-order valence-corrected chi connectivity index (χ3v) is 6.03. The number of nitrogens with zero attached hydrogens (tertiary/aromatic N) is 1. The summed E-state index contributed by atoms with van der Waals surface area (Å²) in [5.41, 5.74) is 0. The lowest BCUT2D eigenvalue weighted by Crippen LogP contribution is -3.15. The Morgan fingerprint density at radius 3 is 1.78 bits per heavy atom. The molecule has 0 aromatic carbocycles. The normalized spacial score (nSPS) is 20.1. The molecule has 0 aliphatic carbocycles. The van der Waals surface area contributed by atoms with E-state index in [1.807, 2.05) is 0 Å². The summed E-state index contributed by atoms with van der Waals surface area (Å²) in [5.74, 6) is 0. The number of unbranched alkanes of at least 4 members (excludes halogenated alkanes) is 12. The largest absolute Gasteiger partial charge is 1.00 e. The van der Waals surface area contributed by atoms with Gasteiger partial charge in [-0.3, -0.25) is 0 Å². The zero-order chi connectivity index (χ0) is 18.9. The fourth-order valence-electron chi connectivity index (χ4n) is 4.44. The van der Waals surface area contributed by atoms with Crippen LogP contribution in [0.15, 0.2) is 0 Å². The van der Waals surface area contributed by atoms with Gasteiger partial charge in [-0.25, -0.2) is 4.90 Å². The maximum absolute atomic E-state index is 9.26.